The highest BCUT2D eigenvalue weighted by Gasteiger charge is 2.08. The largest absolute Gasteiger partial charge is 0.369 e. The Morgan fingerprint density at radius 3 is 3.00 bits per heavy atom. The van der Waals surface area contributed by atoms with Crippen LogP contribution in [0.15, 0.2) is 11.3 Å². The summed E-state index contributed by atoms with van der Waals surface area (Å²) in [6.07, 6.45) is 3.16. The van der Waals surface area contributed by atoms with Crippen molar-refractivity contribution in [2.75, 3.05) is 26.7 Å². The number of hydrogen-bond acceptors (Lipinski definition) is 6. The summed E-state index contributed by atoms with van der Waals surface area (Å²) in [7, 11) is 5.24. The second-order valence-corrected chi connectivity index (χ2v) is 3.49. The zero-order valence-electron chi connectivity index (χ0n) is 9.80. The van der Waals surface area contributed by atoms with Crippen LogP contribution in [0.3, 0.4) is 0 Å². The number of nitrogens with zero attached hydrogens (tertiary/aromatic N) is 5. The first-order valence-electron chi connectivity index (χ1n) is 4.91. The van der Waals surface area contributed by atoms with Crippen LogP contribution in [0.4, 0.5) is 11.8 Å². The molecule has 2 rings (SSSR count). The van der Waals surface area contributed by atoms with Gasteiger partial charge in [0.15, 0.2) is 17.0 Å². The van der Waals surface area contributed by atoms with Crippen LogP contribution in [0.5, 0.6) is 0 Å². The molecule has 8 nitrogen and oxygen atoms in total. The van der Waals surface area contributed by atoms with Gasteiger partial charge in [0, 0.05) is 14.1 Å². The zero-order chi connectivity index (χ0) is 12.3. The number of aromatic nitrogens is 4. The fourth-order valence-electron chi connectivity index (χ4n) is 1.22. The van der Waals surface area contributed by atoms with Crippen LogP contribution in [0.25, 0.3) is 11.2 Å². The minimum atomic E-state index is 0.329. The zero-order valence-corrected chi connectivity index (χ0v) is 9.80. The molecule has 0 aliphatic rings. The molecule has 17 heavy (non-hydrogen) atoms. The summed E-state index contributed by atoms with van der Waals surface area (Å²) >= 11 is 0. The molecule has 0 unspecified atom stereocenters. The molecule has 2 heterocycles. The summed E-state index contributed by atoms with van der Waals surface area (Å²) in [5.41, 5.74) is 3.85. The first kappa shape index (κ1) is 11.3. The Morgan fingerprint density at radius 1 is 1.47 bits per heavy atom. The number of rotatable bonds is 4. The second kappa shape index (κ2) is 4.74. The lowest BCUT2D eigenvalue weighted by atomic mass is 10.5. The Morgan fingerprint density at radius 2 is 2.29 bits per heavy atom. The molecule has 0 fully saturated rings. The summed E-state index contributed by atoms with van der Waals surface area (Å²) in [6.45, 7) is 0. The Kier molecular flexibility index (Phi) is 3.15. The molecule has 2 aromatic rings. The van der Waals surface area contributed by atoms with Gasteiger partial charge in [0.05, 0.1) is 19.8 Å². The summed E-state index contributed by atoms with van der Waals surface area (Å²) in [6, 6.07) is 0. The topological polar surface area (TPSA) is 91.3 Å². The Hall–Kier alpha value is -2.22. The van der Waals surface area contributed by atoms with Crippen molar-refractivity contribution < 1.29 is 4.84 Å². The SMILES string of the molecule is CONc1nc(/N=C/N(C)C)nc2[nH]cnc12. The van der Waals surface area contributed by atoms with Crippen molar-refractivity contribution in [1.82, 2.24) is 24.8 Å². The number of aliphatic imine (C=N–C) groups is 1. The number of fused-ring (bicyclic) bond motifs is 1. The van der Waals surface area contributed by atoms with Crippen LogP contribution < -0.4 is 5.48 Å². The smallest absolute Gasteiger partial charge is 0.254 e. The van der Waals surface area contributed by atoms with Crippen LogP contribution in [-0.2, 0) is 4.84 Å². The number of hydrogen-bond donors (Lipinski definition) is 2. The molecule has 0 aromatic carbocycles. The molecule has 0 saturated heterocycles. The van der Waals surface area contributed by atoms with Gasteiger partial charge in [0.1, 0.15) is 0 Å². The van der Waals surface area contributed by atoms with Crippen LogP contribution in [0.2, 0.25) is 0 Å². The summed E-state index contributed by atoms with van der Waals surface area (Å²) in [5.74, 6) is 0.805. The molecule has 90 valence electrons. The maximum Gasteiger partial charge on any atom is 0.254 e. The number of H-pyrrole nitrogens is 1. The van der Waals surface area contributed by atoms with E-state index in [0.29, 0.717) is 22.9 Å². The van der Waals surface area contributed by atoms with Crippen molar-refractivity contribution in [3.05, 3.63) is 6.33 Å². The van der Waals surface area contributed by atoms with E-state index in [1.54, 1.807) is 17.6 Å². The van der Waals surface area contributed by atoms with Crippen molar-refractivity contribution in [1.29, 1.82) is 0 Å². The third-order valence-corrected chi connectivity index (χ3v) is 1.87. The molecule has 0 aliphatic carbocycles. The van der Waals surface area contributed by atoms with E-state index >= 15 is 0 Å². The highest BCUT2D eigenvalue weighted by molar-refractivity contribution is 5.83. The maximum absolute atomic E-state index is 4.83. The number of nitrogens with one attached hydrogen (secondary N) is 2. The molecule has 0 atom stereocenters. The first-order valence-corrected chi connectivity index (χ1v) is 4.91. The van der Waals surface area contributed by atoms with Gasteiger partial charge >= 0.3 is 0 Å². The molecule has 0 aliphatic heterocycles. The van der Waals surface area contributed by atoms with Crippen molar-refractivity contribution in [3.63, 3.8) is 0 Å². The van der Waals surface area contributed by atoms with Gasteiger partial charge in [-0.3, -0.25) is 4.84 Å². The molecular formula is C9H13N7O. The summed E-state index contributed by atoms with van der Waals surface area (Å²) in [5, 5.41) is 0. The van der Waals surface area contributed by atoms with E-state index < -0.39 is 0 Å². The van der Waals surface area contributed by atoms with E-state index in [1.807, 2.05) is 14.1 Å². The Bertz CT molecular complexity index is 533. The van der Waals surface area contributed by atoms with E-state index in [0.717, 1.165) is 0 Å². The van der Waals surface area contributed by atoms with Crippen LogP contribution in [0.1, 0.15) is 0 Å². The highest BCUT2D eigenvalue weighted by Crippen LogP contribution is 2.19. The predicted molar refractivity (Wildman–Crippen MR) is 64.2 cm³/mol. The van der Waals surface area contributed by atoms with E-state index in [1.165, 1.54) is 7.11 Å². The van der Waals surface area contributed by atoms with E-state index in [9.17, 15) is 0 Å². The lowest BCUT2D eigenvalue weighted by molar-refractivity contribution is 0.269. The van der Waals surface area contributed by atoms with Crippen molar-refractivity contribution in [3.8, 4) is 0 Å². The quantitative estimate of drug-likeness (QED) is 0.457. The Balaban J connectivity index is 2.43. The molecule has 0 saturated carbocycles. The average Bonchev–Trinajstić information content (AvgIpc) is 2.75. The van der Waals surface area contributed by atoms with Gasteiger partial charge in [0.25, 0.3) is 5.95 Å². The minimum absolute atomic E-state index is 0.329. The lowest BCUT2D eigenvalue weighted by Gasteiger charge is -2.04. The molecule has 2 N–H and O–H groups in total. The van der Waals surface area contributed by atoms with E-state index in [4.69, 9.17) is 4.84 Å². The van der Waals surface area contributed by atoms with Gasteiger partial charge in [-0.15, -0.1) is 0 Å². The molecular weight excluding hydrogens is 222 g/mol. The van der Waals surface area contributed by atoms with E-state index in [-0.39, 0.29) is 0 Å². The second-order valence-electron chi connectivity index (χ2n) is 3.49. The predicted octanol–water partition coefficient (Wildman–Crippen LogP) is 0.548. The maximum atomic E-state index is 4.83. The number of imidazole rings is 1. The number of anilines is 1. The average molecular weight is 235 g/mol. The van der Waals surface area contributed by atoms with Crippen molar-refractivity contribution >= 4 is 29.3 Å². The monoisotopic (exact) mass is 235 g/mol. The van der Waals surface area contributed by atoms with Crippen LogP contribution >= 0.6 is 0 Å². The third-order valence-electron chi connectivity index (χ3n) is 1.87. The van der Waals surface area contributed by atoms with Crippen molar-refractivity contribution in [2.24, 2.45) is 4.99 Å². The van der Waals surface area contributed by atoms with Gasteiger partial charge in [-0.1, -0.05) is 0 Å². The Labute approximate surface area is 97.7 Å². The molecule has 0 amide bonds. The summed E-state index contributed by atoms with van der Waals surface area (Å²) in [4.78, 5) is 26.1. The standard InChI is InChI=1S/C9H13N7O/c1-16(2)5-12-9-13-7-6(10-4-11-7)8(14-9)15-17-3/h4-5H,1-3H3,(H2,10,11,13,14,15)/b12-5+. The van der Waals surface area contributed by atoms with Gasteiger partial charge in [0.2, 0.25) is 0 Å². The molecule has 0 spiro atoms. The van der Waals surface area contributed by atoms with Gasteiger partial charge < -0.3 is 9.88 Å². The lowest BCUT2D eigenvalue weighted by Crippen LogP contribution is -2.07. The molecule has 0 bridgehead atoms. The minimum Gasteiger partial charge on any atom is -0.369 e. The van der Waals surface area contributed by atoms with E-state index in [2.05, 4.69) is 30.4 Å². The van der Waals surface area contributed by atoms with Crippen LogP contribution in [0, 0.1) is 0 Å². The first-order chi connectivity index (χ1) is 8.20. The van der Waals surface area contributed by atoms with Crippen LogP contribution in [-0.4, -0.2) is 52.4 Å². The summed E-state index contributed by atoms with van der Waals surface area (Å²) < 4.78 is 0. The molecule has 0 radical (unpaired) electrons. The molecule has 8 heteroatoms. The van der Waals surface area contributed by atoms with Crippen molar-refractivity contribution in [2.45, 2.75) is 0 Å². The normalized spacial score (nSPS) is 11.2. The third kappa shape index (κ3) is 2.48. The highest BCUT2D eigenvalue weighted by atomic mass is 16.6. The number of aromatic amines is 1. The van der Waals surface area contributed by atoms with Gasteiger partial charge in [-0.25, -0.2) is 15.5 Å². The fraction of sp³-hybridized carbons (Fsp3) is 0.333. The fourth-order valence-corrected chi connectivity index (χ4v) is 1.22. The molecule has 2 aromatic heterocycles. The van der Waals surface area contributed by atoms with Gasteiger partial charge in [-0.05, 0) is 0 Å². The van der Waals surface area contributed by atoms with Gasteiger partial charge in [-0.2, -0.15) is 9.97 Å².